The summed E-state index contributed by atoms with van der Waals surface area (Å²) >= 11 is 0. The van der Waals surface area contributed by atoms with Crippen LogP contribution < -0.4 is 10.6 Å². The molecule has 0 heterocycles. The fraction of sp³-hybridized carbons (Fsp3) is 0.263. The fourth-order valence-corrected chi connectivity index (χ4v) is 2.50. The van der Waals surface area contributed by atoms with Crippen molar-refractivity contribution in [3.8, 4) is 0 Å². The van der Waals surface area contributed by atoms with Crippen LogP contribution in [0, 0.1) is 19.7 Å². The van der Waals surface area contributed by atoms with E-state index >= 15 is 0 Å². The number of carbonyl (C=O) groups excluding carboxylic acids is 2. The lowest BCUT2D eigenvalue weighted by molar-refractivity contribution is -0.120. The molecule has 0 aliphatic heterocycles. The number of carbonyl (C=O) groups is 2. The molecular formula is C19H21FN2O2. The van der Waals surface area contributed by atoms with Crippen molar-refractivity contribution in [1.82, 2.24) is 10.6 Å². The molecule has 2 rings (SSSR count). The van der Waals surface area contributed by atoms with Gasteiger partial charge in [0.25, 0.3) is 5.91 Å². The second-order valence-electron chi connectivity index (χ2n) is 5.90. The SMILES string of the molecule is Cc1cc(C)cc(C(=O)NCC(=O)NC(C)c2ccc(F)cc2)c1. The van der Waals surface area contributed by atoms with E-state index in [-0.39, 0.29) is 30.2 Å². The number of aryl methyl sites for hydroxylation is 2. The van der Waals surface area contributed by atoms with Crippen LogP contribution in [0.1, 0.15) is 40.0 Å². The van der Waals surface area contributed by atoms with Gasteiger partial charge in [-0.2, -0.15) is 0 Å². The lowest BCUT2D eigenvalue weighted by Gasteiger charge is -2.15. The maximum Gasteiger partial charge on any atom is 0.251 e. The molecule has 0 aliphatic carbocycles. The van der Waals surface area contributed by atoms with Gasteiger partial charge in [-0.25, -0.2) is 4.39 Å². The smallest absolute Gasteiger partial charge is 0.251 e. The fourth-order valence-electron chi connectivity index (χ4n) is 2.50. The summed E-state index contributed by atoms with van der Waals surface area (Å²) in [6.45, 7) is 5.52. The Morgan fingerprint density at radius 2 is 1.62 bits per heavy atom. The Morgan fingerprint density at radius 3 is 2.21 bits per heavy atom. The van der Waals surface area contributed by atoms with E-state index in [4.69, 9.17) is 0 Å². The molecule has 2 amide bonds. The molecule has 5 heteroatoms. The lowest BCUT2D eigenvalue weighted by Crippen LogP contribution is -2.38. The summed E-state index contributed by atoms with van der Waals surface area (Å²) in [5.74, 6) is -0.908. The van der Waals surface area contributed by atoms with E-state index in [0.29, 0.717) is 5.56 Å². The maximum absolute atomic E-state index is 12.9. The van der Waals surface area contributed by atoms with Crippen molar-refractivity contribution in [2.45, 2.75) is 26.8 Å². The first kappa shape index (κ1) is 17.7. The molecule has 4 nitrogen and oxygen atoms in total. The number of halogens is 1. The molecule has 0 fully saturated rings. The largest absolute Gasteiger partial charge is 0.348 e. The summed E-state index contributed by atoms with van der Waals surface area (Å²) in [4.78, 5) is 24.1. The minimum atomic E-state index is -0.321. The van der Waals surface area contributed by atoms with Crippen LogP contribution in [0.3, 0.4) is 0 Å². The van der Waals surface area contributed by atoms with Crippen molar-refractivity contribution in [2.24, 2.45) is 0 Å². The van der Waals surface area contributed by atoms with Gasteiger partial charge in [0, 0.05) is 5.56 Å². The first-order valence-electron chi connectivity index (χ1n) is 7.76. The first-order chi connectivity index (χ1) is 11.3. The van der Waals surface area contributed by atoms with Crippen molar-refractivity contribution in [3.05, 3.63) is 70.5 Å². The third-order valence-electron chi connectivity index (χ3n) is 3.64. The molecule has 24 heavy (non-hydrogen) atoms. The van der Waals surface area contributed by atoms with Crippen LogP contribution in [0.5, 0.6) is 0 Å². The van der Waals surface area contributed by atoms with Gasteiger partial charge in [0.2, 0.25) is 5.91 Å². The maximum atomic E-state index is 12.9. The third-order valence-corrected chi connectivity index (χ3v) is 3.64. The number of benzene rings is 2. The van der Waals surface area contributed by atoms with Gasteiger partial charge in [-0.15, -0.1) is 0 Å². The van der Waals surface area contributed by atoms with E-state index < -0.39 is 0 Å². The van der Waals surface area contributed by atoms with Crippen LogP contribution in [0.15, 0.2) is 42.5 Å². The average molecular weight is 328 g/mol. The van der Waals surface area contributed by atoms with Gasteiger partial charge < -0.3 is 10.6 Å². The Balaban J connectivity index is 1.88. The van der Waals surface area contributed by atoms with Gasteiger partial charge in [0.15, 0.2) is 0 Å². The van der Waals surface area contributed by atoms with Crippen molar-refractivity contribution in [1.29, 1.82) is 0 Å². The van der Waals surface area contributed by atoms with E-state index in [9.17, 15) is 14.0 Å². The number of nitrogens with one attached hydrogen (secondary N) is 2. The summed E-state index contributed by atoms with van der Waals surface area (Å²) in [6, 6.07) is 11.2. The standard InChI is InChI=1S/C19H21FN2O2/c1-12-8-13(2)10-16(9-12)19(24)21-11-18(23)22-14(3)15-4-6-17(20)7-5-15/h4-10,14H,11H2,1-3H3,(H,21,24)(H,22,23). The van der Waals surface area contributed by atoms with Crippen LogP contribution in [0.25, 0.3) is 0 Å². The minimum absolute atomic E-state index is 0.114. The number of amides is 2. The summed E-state index contributed by atoms with van der Waals surface area (Å²) in [5, 5.41) is 5.38. The number of rotatable bonds is 5. The molecule has 126 valence electrons. The summed E-state index contributed by atoms with van der Waals surface area (Å²) in [7, 11) is 0. The number of hydrogen-bond acceptors (Lipinski definition) is 2. The molecule has 1 atom stereocenters. The molecule has 0 aromatic heterocycles. The van der Waals surface area contributed by atoms with Crippen molar-refractivity contribution in [3.63, 3.8) is 0 Å². The zero-order chi connectivity index (χ0) is 17.7. The Morgan fingerprint density at radius 1 is 1.04 bits per heavy atom. The molecule has 1 unspecified atom stereocenters. The highest BCUT2D eigenvalue weighted by atomic mass is 19.1. The molecule has 0 radical (unpaired) electrons. The van der Waals surface area contributed by atoms with Crippen molar-refractivity contribution >= 4 is 11.8 Å². The molecule has 0 aliphatic rings. The van der Waals surface area contributed by atoms with E-state index in [1.165, 1.54) is 12.1 Å². The monoisotopic (exact) mass is 328 g/mol. The van der Waals surface area contributed by atoms with E-state index in [2.05, 4.69) is 10.6 Å². The third kappa shape index (κ3) is 4.91. The second-order valence-corrected chi connectivity index (χ2v) is 5.90. The van der Waals surface area contributed by atoms with Crippen LogP contribution in [0.4, 0.5) is 4.39 Å². The van der Waals surface area contributed by atoms with Gasteiger partial charge >= 0.3 is 0 Å². The summed E-state index contributed by atoms with van der Waals surface area (Å²) < 4.78 is 12.9. The first-order valence-corrected chi connectivity index (χ1v) is 7.76. The zero-order valence-electron chi connectivity index (χ0n) is 14.0. The lowest BCUT2D eigenvalue weighted by atomic mass is 10.1. The predicted molar refractivity (Wildman–Crippen MR) is 91.2 cm³/mol. The van der Waals surface area contributed by atoms with Crippen molar-refractivity contribution in [2.75, 3.05) is 6.54 Å². The minimum Gasteiger partial charge on any atom is -0.348 e. The molecule has 0 saturated carbocycles. The Bertz CT molecular complexity index is 721. The van der Waals surface area contributed by atoms with Gasteiger partial charge in [0.1, 0.15) is 5.82 Å². The van der Waals surface area contributed by atoms with E-state index in [1.807, 2.05) is 19.9 Å². The normalized spacial score (nSPS) is 11.7. The van der Waals surface area contributed by atoms with Gasteiger partial charge in [-0.1, -0.05) is 29.3 Å². The van der Waals surface area contributed by atoms with Crippen LogP contribution in [-0.2, 0) is 4.79 Å². The highest BCUT2D eigenvalue weighted by Gasteiger charge is 2.12. The zero-order valence-corrected chi connectivity index (χ0v) is 14.0. The van der Waals surface area contributed by atoms with E-state index in [1.54, 1.807) is 31.2 Å². The Kier molecular flexibility index (Phi) is 5.68. The Labute approximate surface area is 141 Å². The highest BCUT2D eigenvalue weighted by molar-refractivity contribution is 5.96. The number of hydrogen-bond donors (Lipinski definition) is 2. The molecule has 2 N–H and O–H groups in total. The summed E-state index contributed by atoms with van der Waals surface area (Å²) in [6.07, 6.45) is 0. The molecule has 2 aromatic rings. The molecule has 0 bridgehead atoms. The average Bonchev–Trinajstić information content (AvgIpc) is 2.52. The highest BCUT2D eigenvalue weighted by Crippen LogP contribution is 2.12. The van der Waals surface area contributed by atoms with Crippen LogP contribution in [0.2, 0.25) is 0 Å². The van der Waals surface area contributed by atoms with Crippen LogP contribution in [-0.4, -0.2) is 18.4 Å². The molecule has 0 saturated heterocycles. The van der Waals surface area contributed by atoms with Gasteiger partial charge in [-0.3, -0.25) is 9.59 Å². The quantitative estimate of drug-likeness (QED) is 0.886. The van der Waals surface area contributed by atoms with Crippen LogP contribution >= 0.6 is 0 Å². The molecule has 2 aromatic carbocycles. The predicted octanol–water partition coefficient (Wildman–Crippen LogP) is 3.05. The van der Waals surface area contributed by atoms with Gasteiger partial charge in [-0.05, 0) is 50.6 Å². The van der Waals surface area contributed by atoms with Gasteiger partial charge in [0.05, 0.1) is 12.6 Å². The second kappa shape index (κ2) is 7.73. The van der Waals surface area contributed by atoms with E-state index in [0.717, 1.165) is 16.7 Å². The van der Waals surface area contributed by atoms with Crippen molar-refractivity contribution < 1.29 is 14.0 Å². The Hall–Kier alpha value is -2.69. The topological polar surface area (TPSA) is 58.2 Å². The summed E-state index contributed by atoms with van der Waals surface area (Å²) in [5.41, 5.74) is 3.32. The molecular weight excluding hydrogens is 307 g/mol. The molecule has 0 spiro atoms.